The van der Waals surface area contributed by atoms with E-state index in [2.05, 4.69) is 15.5 Å². The van der Waals surface area contributed by atoms with Gasteiger partial charge in [0.2, 0.25) is 0 Å². The Morgan fingerprint density at radius 2 is 1.69 bits per heavy atom. The molecule has 0 saturated heterocycles. The van der Waals surface area contributed by atoms with Crippen LogP contribution in [0.2, 0.25) is 0 Å². The van der Waals surface area contributed by atoms with Crippen LogP contribution in [0.25, 0.3) is 10.8 Å². The summed E-state index contributed by atoms with van der Waals surface area (Å²) in [4.78, 5) is 49.4. The van der Waals surface area contributed by atoms with Gasteiger partial charge in [-0.15, -0.1) is 0 Å². The number of H-pyrrole nitrogens is 1. The molecule has 0 saturated carbocycles. The summed E-state index contributed by atoms with van der Waals surface area (Å²) in [5.74, 6) is -1.55. The number of aromatic nitrogens is 2. The van der Waals surface area contributed by atoms with Crippen LogP contribution in [0.3, 0.4) is 0 Å². The van der Waals surface area contributed by atoms with Gasteiger partial charge in [0.05, 0.1) is 5.39 Å². The van der Waals surface area contributed by atoms with E-state index >= 15 is 0 Å². The molecule has 0 spiro atoms. The van der Waals surface area contributed by atoms with Gasteiger partial charge in [-0.05, 0) is 30.3 Å². The van der Waals surface area contributed by atoms with E-state index < -0.39 is 24.0 Å². The van der Waals surface area contributed by atoms with Gasteiger partial charge in [-0.3, -0.25) is 14.4 Å². The molecule has 0 unspecified atom stereocenters. The van der Waals surface area contributed by atoms with Crippen LogP contribution >= 0.6 is 0 Å². The van der Waals surface area contributed by atoms with Crippen LogP contribution in [-0.2, 0) is 9.53 Å². The van der Waals surface area contributed by atoms with E-state index in [1.807, 2.05) is 0 Å². The van der Waals surface area contributed by atoms with Crippen LogP contribution < -0.4 is 10.9 Å². The maximum atomic E-state index is 12.3. The molecule has 2 N–H and O–H groups in total. The van der Waals surface area contributed by atoms with Crippen molar-refractivity contribution in [2.45, 2.75) is 0 Å². The Morgan fingerprint density at radius 1 is 1.03 bits per heavy atom. The number of carbonyl (C=O) groups is 3. The van der Waals surface area contributed by atoms with E-state index in [4.69, 9.17) is 4.74 Å². The lowest BCUT2D eigenvalue weighted by atomic mass is 10.1. The van der Waals surface area contributed by atoms with Crippen molar-refractivity contribution in [3.63, 3.8) is 0 Å². The number of amides is 2. The Bertz CT molecular complexity index is 1140. The lowest BCUT2D eigenvalue weighted by Gasteiger charge is -2.11. The second-order valence-corrected chi connectivity index (χ2v) is 6.35. The molecule has 148 valence electrons. The number of nitrogens with zero attached hydrogens (tertiary/aromatic N) is 2. The van der Waals surface area contributed by atoms with Gasteiger partial charge in [0, 0.05) is 30.7 Å². The summed E-state index contributed by atoms with van der Waals surface area (Å²) >= 11 is 0. The number of anilines is 1. The number of esters is 1. The van der Waals surface area contributed by atoms with E-state index in [0.29, 0.717) is 22.0 Å². The van der Waals surface area contributed by atoms with Crippen molar-refractivity contribution in [1.82, 2.24) is 15.1 Å². The minimum Gasteiger partial charge on any atom is -0.451 e. The standard InChI is InChI=1S/C20H18N4O5/c1-24(2)19(27)12-7-9-13(10-8-12)21-16(25)11-29-20(28)17-14-5-3-4-6-15(14)18(26)23-22-17/h3-10H,11H2,1-2H3,(H,21,25)(H,23,26). The summed E-state index contributed by atoms with van der Waals surface area (Å²) in [6, 6.07) is 12.8. The van der Waals surface area contributed by atoms with Gasteiger partial charge < -0.3 is 15.0 Å². The van der Waals surface area contributed by atoms with E-state index in [1.165, 1.54) is 4.90 Å². The molecule has 0 aliphatic heterocycles. The third kappa shape index (κ3) is 4.46. The number of rotatable bonds is 5. The van der Waals surface area contributed by atoms with Crippen LogP contribution in [0.1, 0.15) is 20.8 Å². The zero-order chi connectivity index (χ0) is 21.0. The fourth-order valence-electron chi connectivity index (χ4n) is 2.62. The maximum Gasteiger partial charge on any atom is 0.359 e. The van der Waals surface area contributed by atoms with Crippen LogP contribution in [-0.4, -0.2) is 53.6 Å². The van der Waals surface area contributed by atoms with Crippen LogP contribution in [0, 0.1) is 0 Å². The number of ether oxygens (including phenoxy) is 1. The average Bonchev–Trinajstić information content (AvgIpc) is 2.72. The summed E-state index contributed by atoms with van der Waals surface area (Å²) in [6.07, 6.45) is 0. The number of hydrogen-bond acceptors (Lipinski definition) is 6. The van der Waals surface area contributed by atoms with Crippen LogP contribution in [0.5, 0.6) is 0 Å². The second kappa shape index (κ2) is 8.34. The van der Waals surface area contributed by atoms with Crippen LogP contribution in [0.4, 0.5) is 5.69 Å². The van der Waals surface area contributed by atoms with E-state index in [9.17, 15) is 19.2 Å². The van der Waals surface area contributed by atoms with Crippen molar-refractivity contribution in [3.8, 4) is 0 Å². The summed E-state index contributed by atoms with van der Waals surface area (Å²) in [6.45, 7) is -0.535. The Morgan fingerprint density at radius 3 is 2.34 bits per heavy atom. The van der Waals surface area contributed by atoms with Gasteiger partial charge in [0.25, 0.3) is 17.4 Å². The third-order valence-corrected chi connectivity index (χ3v) is 4.05. The molecule has 0 radical (unpaired) electrons. The number of benzene rings is 2. The first-order valence-corrected chi connectivity index (χ1v) is 8.63. The highest BCUT2D eigenvalue weighted by Crippen LogP contribution is 2.14. The Balaban J connectivity index is 1.63. The van der Waals surface area contributed by atoms with E-state index in [1.54, 1.807) is 62.6 Å². The third-order valence-electron chi connectivity index (χ3n) is 4.05. The molecule has 2 aromatic carbocycles. The molecule has 3 aromatic rings. The zero-order valence-electron chi connectivity index (χ0n) is 15.8. The van der Waals surface area contributed by atoms with Gasteiger partial charge >= 0.3 is 5.97 Å². The highest BCUT2D eigenvalue weighted by atomic mass is 16.5. The van der Waals surface area contributed by atoms with Gasteiger partial charge in [0.1, 0.15) is 0 Å². The Labute approximate surface area is 165 Å². The minimum absolute atomic E-state index is 0.0837. The predicted molar refractivity (Wildman–Crippen MR) is 106 cm³/mol. The molecule has 1 heterocycles. The average molecular weight is 394 g/mol. The molecule has 29 heavy (non-hydrogen) atoms. The van der Waals surface area contributed by atoms with Crippen molar-refractivity contribution in [3.05, 3.63) is 70.1 Å². The van der Waals surface area contributed by atoms with Crippen molar-refractivity contribution in [2.75, 3.05) is 26.0 Å². The Kier molecular flexibility index (Phi) is 5.68. The topological polar surface area (TPSA) is 121 Å². The molecular formula is C20H18N4O5. The quantitative estimate of drug-likeness (QED) is 0.631. The first-order valence-electron chi connectivity index (χ1n) is 8.63. The molecule has 0 aliphatic rings. The predicted octanol–water partition coefficient (Wildman–Crippen LogP) is 1.42. The number of carbonyl (C=O) groups excluding carboxylic acids is 3. The molecule has 2 amide bonds. The SMILES string of the molecule is CN(C)C(=O)c1ccc(NC(=O)COC(=O)c2n[nH]c(=O)c3ccccc23)cc1. The zero-order valence-corrected chi connectivity index (χ0v) is 15.8. The molecular weight excluding hydrogens is 376 g/mol. The molecule has 3 rings (SSSR count). The number of nitrogens with one attached hydrogen (secondary N) is 2. The summed E-state index contributed by atoms with van der Waals surface area (Å²) in [7, 11) is 3.29. The molecule has 9 nitrogen and oxygen atoms in total. The summed E-state index contributed by atoms with van der Waals surface area (Å²) < 4.78 is 5.01. The fourth-order valence-corrected chi connectivity index (χ4v) is 2.62. The lowest BCUT2D eigenvalue weighted by Crippen LogP contribution is -2.23. The van der Waals surface area contributed by atoms with Gasteiger partial charge in [-0.1, -0.05) is 18.2 Å². The normalized spacial score (nSPS) is 10.4. The maximum absolute atomic E-state index is 12.3. The minimum atomic E-state index is -0.834. The highest BCUT2D eigenvalue weighted by molar-refractivity contribution is 6.03. The second-order valence-electron chi connectivity index (χ2n) is 6.35. The van der Waals surface area contributed by atoms with Crippen molar-refractivity contribution >= 4 is 34.2 Å². The van der Waals surface area contributed by atoms with E-state index in [-0.39, 0.29) is 11.6 Å². The number of aromatic amines is 1. The highest BCUT2D eigenvalue weighted by Gasteiger charge is 2.17. The van der Waals surface area contributed by atoms with Crippen LogP contribution in [0.15, 0.2) is 53.3 Å². The van der Waals surface area contributed by atoms with Gasteiger partial charge in [-0.2, -0.15) is 5.10 Å². The molecule has 0 bridgehead atoms. The molecule has 1 aromatic heterocycles. The van der Waals surface area contributed by atoms with Crippen molar-refractivity contribution in [2.24, 2.45) is 0 Å². The smallest absolute Gasteiger partial charge is 0.359 e. The summed E-state index contributed by atoms with van der Waals surface area (Å²) in [5, 5.41) is 9.17. The van der Waals surface area contributed by atoms with Gasteiger partial charge in [-0.25, -0.2) is 9.89 Å². The van der Waals surface area contributed by atoms with Gasteiger partial charge in [0.15, 0.2) is 12.3 Å². The summed E-state index contributed by atoms with van der Waals surface area (Å²) in [5.41, 5.74) is 0.426. The lowest BCUT2D eigenvalue weighted by molar-refractivity contribution is -0.119. The molecule has 9 heteroatoms. The molecule has 0 aliphatic carbocycles. The molecule has 0 atom stereocenters. The first kappa shape index (κ1) is 19.7. The number of fused-ring (bicyclic) bond motifs is 1. The fraction of sp³-hybridized carbons (Fsp3) is 0.150. The Hall–Kier alpha value is -4.01. The monoisotopic (exact) mass is 394 g/mol. The van der Waals surface area contributed by atoms with E-state index in [0.717, 1.165) is 0 Å². The molecule has 0 fully saturated rings. The largest absolute Gasteiger partial charge is 0.451 e. The van der Waals surface area contributed by atoms with Crippen molar-refractivity contribution in [1.29, 1.82) is 0 Å². The first-order chi connectivity index (χ1) is 13.9. The van der Waals surface area contributed by atoms with Crippen molar-refractivity contribution < 1.29 is 19.1 Å². The number of hydrogen-bond donors (Lipinski definition) is 2.